The highest BCUT2D eigenvalue weighted by Gasteiger charge is 2.44. The number of aromatic nitrogens is 1. The lowest BCUT2D eigenvalue weighted by atomic mass is 9.97. The van der Waals surface area contributed by atoms with Crippen molar-refractivity contribution < 1.29 is 23.6 Å². The molecular weight excluding hydrogens is 632 g/mol. The van der Waals surface area contributed by atoms with Crippen molar-refractivity contribution in [2.75, 3.05) is 0 Å². The summed E-state index contributed by atoms with van der Waals surface area (Å²) in [5, 5.41) is 5.71. The molecule has 1 fully saturated rings. The van der Waals surface area contributed by atoms with Gasteiger partial charge >= 0.3 is 5.97 Å². The molecule has 0 saturated carbocycles. The van der Waals surface area contributed by atoms with Crippen LogP contribution in [0.2, 0.25) is 0 Å². The van der Waals surface area contributed by atoms with Crippen LogP contribution in [-0.4, -0.2) is 42.4 Å². The quantitative estimate of drug-likeness (QED) is 0.0676. The summed E-state index contributed by atoms with van der Waals surface area (Å²) in [4.78, 5) is 43.8. The van der Waals surface area contributed by atoms with Gasteiger partial charge in [-0.2, -0.15) is 0 Å². The first-order chi connectivity index (χ1) is 22.5. The highest BCUT2D eigenvalue weighted by Crippen LogP contribution is 2.54. The van der Waals surface area contributed by atoms with Gasteiger partial charge in [0.2, 0.25) is 0 Å². The second-order valence-corrected chi connectivity index (χ2v) is 15.6. The third-order valence-electron chi connectivity index (χ3n) is 8.67. The number of oxime groups is 1. The van der Waals surface area contributed by atoms with E-state index in [1.54, 1.807) is 41.7 Å². The molecule has 1 aromatic heterocycles. The van der Waals surface area contributed by atoms with Gasteiger partial charge < -0.3 is 9.40 Å². The zero-order valence-electron chi connectivity index (χ0n) is 26.9. The molecule has 0 N–H and O–H groups in total. The number of ketones is 2. The summed E-state index contributed by atoms with van der Waals surface area (Å²) < 4.78 is 17.7. The normalized spacial score (nSPS) is 19.7. The van der Waals surface area contributed by atoms with Crippen LogP contribution in [0.25, 0.3) is 21.8 Å². The molecule has 3 atom stereocenters. The van der Waals surface area contributed by atoms with Crippen molar-refractivity contribution in [1.82, 2.24) is 4.57 Å². The number of halogens is 1. The summed E-state index contributed by atoms with van der Waals surface area (Å²) in [7, 11) is 0. The first kappa shape index (κ1) is 32.7. The number of rotatable bonds is 9. The van der Waals surface area contributed by atoms with Gasteiger partial charge in [0.05, 0.1) is 14.9 Å². The summed E-state index contributed by atoms with van der Waals surface area (Å²) >= 11 is 3.43. The molecule has 3 unspecified atom stereocenters. The lowest BCUT2D eigenvalue weighted by Gasteiger charge is -2.19. The summed E-state index contributed by atoms with van der Waals surface area (Å²) in [5.41, 5.74) is 4.42. The van der Waals surface area contributed by atoms with Crippen molar-refractivity contribution in [1.29, 1.82) is 0 Å². The molecule has 1 saturated heterocycles. The van der Waals surface area contributed by atoms with Crippen molar-refractivity contribution >= 4 is 68.6 Å². The maximum Gasteiger partial charge on any atom is 0.332 e. The highest BCUT2D eigenvalue weighted by molar-refractivity contribution is 8.22. The van der Waals surface area contributed by atoms with Crippen LogP contribution in [0.4, 0.5) is 4.39 Å². The largest absolute Gasteiger partial charge is 0.341 e. The molecule has 9 heteroatoms. The number of Topliss-reactive ketones (excluding diaryl/α,β-unsaturated/α-hetero) is 1. The van der Waals surface area contributed by atoms with Crippen LogP contribution in [0, 0.1) is 5.82 Å². The van der Waals surface area contributed by atoms with Gasteiger partial charge in [0.1, 0.15) is 11.5 Å². The minimum atomic E-state index is -0.713. The van der Waals surface area contributed by atoms with Crippen LogP contribution in [0.3, 0.4) is 0 Å². The van der Waals surface area contributed by atoms with Crippen molar-refractivity contribution in [3.05, 3.63) is 119 Å². The van der Waals surface area contributed by atoms with E-state index in [0.29, 0.717) is 17.8 Å². The molecule has 0 spiro atoms. The Bertz CT molecular complexity index is 2070. The topological polar surface area (TPSA) is 77.7 Å². The fourth-order valence-electron chi connectivity index (χ4n) is 6.16. The number of thioether (sulfide) groups is 2. The predicted molar refractivity (Wildman–Crippen MR) is 190 cm³/mol. The number of carbonyl (C=O) groups is 3. The molecule has 2 heterocycles. The Kier molecular flexibility index (Phi) is 9.14. The average molecular weight is 667 g/mol. The van der Waals surface area contributed by atoms with E-state index in [4.69, 9.17) is 4.84 Å². The Hall–Kier alpha value is -4.21. The summed E-state index contributed by atoms with van der Waals surface area (Å²) in [6.07, 6.45) is 0.927. The third-order valence-corrected chi connectivity index (χ3v) is 12.5. The summed E-state index contributed by atoms with van der Waals surface area (Å²) in [6, 6.07) is 24.9. The van der Waals surface area contributed by atoms with Crippen molar-refractivity contribution in [2.45, 2.75) is 62.2 Å². The lowest BCUT2D eigenvalue weighted by molar-refractivity contribution is -0.140. The number of hydrogen-bond donors (Lipinski definition) is 0. The van der Waals surface area contributed by atoms with Crippen molar-refractivity contribution in [3.63, 3.8) is 0 Å². The Labute approximate surface area is 281 Å². The second kappa shape index (κ2) is 13.1. The van der Waals surface area contributed by atoms with Gasteiger partial charge in [-0.25, -0.2) is 9.18 Å². The Morgan fingerprint density at radius 2 is 1.49 bits per heavy atom. The predicted octanol–water partition coefficient (Wildman–Crippen LogP) is 9.05. The number of fused-ring (bicyclic) bond motifs is 3. The molecular formula is C38H35FN2O4S2. The van der Waals surface area contributed by atoms with Crippen LogP contribution in [-0.2, 0) is 16.2 Å². The van der Waals surface area contributed by atoms with E-state index in [1.807, 2.05) is 68.4 Å². The van der Waals surface area contributed by atoms with Crippen LogP contribution < -0.4 is 0 Å². The fraction of sp³-hybridized carbons (Fsp3) is 0.263. The van der Waals surface area contributed by atoms with E-state index >= 15 is 4.39 Å². The molecule has 0 amide bonds. The van der Waals surface area contributed by atoms with Crippen LogP contribution in [0.5, 0.6) is 0 Å². The molecule has 0 aliphatic carbocycles. The molecule has 0 bridgehead atoms. The fourth-order valence-corrected chi connectivity index (χ4v) is 9.82. The number of carbonyl (C=O) groups excluding carboxylic acids is 3. The molecule has 4 aromatic carbocycles. The van der Waals surface area contributed by atoms with Gasteiger partial charge in [0.25, 0.3) is 0 Å². The second-order valence-electron chi connectivity index (χ2n) is 11.8. The van der Waals surface area contributed by atoms with Crippen LogP contribution >= 0.6 is 23.5 Å². The third kappa shape index (κ3) is 6.26. The maximum absolute atomic E-state index is 15.6. The Morgan fingerprint density at radius 1 is 0.851 bits per heavy atom. The first-order valence-electron chi connectivity index (χ1n) is 15.6. The van der Waals surface area contributed by atoms with Gasteiger partial charge in [-0.3, -0.25) is 9.59 Å². The molecule has 47 heavy (non-hydrogen) atoms. The number of hydrogen-bond acceptors (Lipinski definition) is 7. The Balaban J connectivity index is 1.37. The monoisotopic (exact) mass is 666 g/mol. The zero-order valence-corrected chi connectivity index (χ0v) is 28.5. The molecule has 6 rings (SSSR count). The van der Waals surface area contributed by atoms with Crippen LogP contribution in [0.1, 0.15) is 78.4 Å². The standard InChI is InChI=1S/C38H35FN2O4S2/c1-6-38(5)46-22(3)37(47-38)36(44)27-13-16-28(31(39)21-27)35(43)26-15-18-33-30(20-26)29-19-25(14-17-32(29)41(33)7-2)34(40-45-23(4)42)24-11-9-8-10-12-24/h8-22,37H,6-7H2,1-5H3/b40-34+. The minimum Gasteiger partial charge on any atom is -0.341 e. The van der Waals surface area contributed by atoms with E-state index in [0.717, 1.165) is 39.4 Å². The first-order valence-corrected chi connectivity index (χ1v) is 17.4. The van der Waals surface area contributed by atoms with Gasteiger partial charge in [0, 0.05) is 62.8 Å². The van der Waals surface area contributed by atoms with Crippen molar-refractivity contribution in [2.24, 2.45) is 5.16 Å². The maximum atomic E-state index is 15.6. The van der Waals surface area contributed by atoms with Crippen molar-refractivity contribution in [3.8, 4) is 0 Å². The molecule has 1 aliphatic heterocycles. The molecule has 6 nitrogen and oxygen atoms in total. The highest BCUT2D eigenvalue weighted by atomic mass is 32.2. The molecule has 1 aliphatic rings. The van der Waals surface area contributed by atoms with Gasteiger partial charge in [-0.05, 0) is 62.7 Å². The van der Waals surface area contributed by atoms with E-state index in [1.165, 1.54) is 19.1 Å². The number of aryl methyl sites for hydroxylation is 1. The SMILES string of the molecule is CCn1c2ccc(C(=O)c3ccc(C(=O)C4SC(C)(CC)SC4C)cc3F)cc2c2cc(/C(=N/OC(C)=O)c3ccccc3)ccc21. The van der Waals surface area contributed by atoms with Gasteiger partial charge in [-0.15, -0.1) is 23.5 Å². The molecule has 240 valence electrons. The van der Waals surface area contributed by atoms with Gasteiger partial charge in [-0.1, -0.05) is 61.5 Å². The average Bonchev–Trinajstić information content (AvgIpc) is 3.56. The number of nitrogens with zero attached hydrogens (tertiary/aromatic N) is 2. The minimum absolute atomic E-state index is 0.0489. The summed E-state index contributed by atoms with van der Waals surface area (Å²) in [5.74, 6) is -1.81. The van der Waals surface area contributed by atoms with E-state index in [2.05, 4.69) is 23.6 Å². The Morgan fingerprint density at radius 3 is 2.09 bits per heavy atom. The molecule has 0 radical (unpaired) electrons. The van der Waals surface area contributed by atoms with E-state index in [9.17, 15) is 14.4 Å². The lowest BCUT2D eigenvalue weighted by Crippen LogP contribution is -2.24. The molecule has 5 aromatic rings. The van der Waals surface area contributed by atoms with E-state index < -0.39 is 17.6 Å². The van der Waals surface area contributed by atoms with E-state index in [-0.39, 0.29) is 31.5 Å². The zero-order chi connectivity index (χ0) is 33.5. The summed E-state index contributed by atoms with van der Waals surface area (Å²) in [6.45, 7) is 10.3. The smallest absolute Gasteiger partial charge is 0.332 e. The van der Waals surface area contributed by atoms with Crippen LogP contribution in [0.15, 0.2) is 90.1 Å². The number of benzene rings is 4. The van der Waals surface area contributed by atoms with Gasteiger partial charge in [0.15, 0.2) is 11.6 Å².